The maximum Gasteiger partial charge on any atom is 0.242 e. The zero-order chi connectivity index (χ0) is 13.8. The minimum Gasteiger partial charge on any atom is -0.494 e. The molecule has 1 aliphatic heterocycles. The van der Waals surface area contributed by atoms with E-state index in [1.54, 1.807) is 11.8 Å². The molecule has 1 unspecified atom stereocenters. The lowest BCUT2D eigenvalue weighted by Crippen LogP contribution is -2.37. The summed E-state index contributed by atoms with van der Waals surface area (Å²) in [6.07, 6.45) is 0. The number of rotatable bonds is 4. The Morgan fingerprint density at radius 1 is 1.47 bits per heavy atom. The minimum atomic E-state index is -0.0868. The summed E-state index contributed by atoms with van der Waals surface area (Å²) in [7, 11) is 0. The number of ether oxygens (including phenoxy) is 1. The highest BCUT2D eigenvalue weighted by Gasteiger charge is 2.23. The van der Waals surface area contributed by atoms with Gasteiger partial charge in [-0.05, 0) is 44.0 Å². The fourth-order valence-electron chi connectivity index (χ4n) is 2.02. The van der Waals surface area contributed by atoms with Crippen molar-refractivity contribution in [1.82, 2.24) is 5.32 Å². The lowest BCUT2D eigenvalue weighted by atomic mass is 10.1. The van der Waals surface area contributed by atoms with Crippen LogP contribution >= 0.6 is 11.8 Å². The van der Waals surface area contributed by atoms with E-state index in [0.717, 1.165) is 34.2 Å². The van der Waals surface area contributed by atoms with Gasteiger partial charge in [0.1, 0.15) is 5.75 Å². The van der Waals surface area contributed by atoms with E-state index in [0.29, 0.717) is 6.61 Å². The quantitative estimate of drug-likeness (QED) is 0.888. The average Bonchev–Trinajstić information content (AvgIpc) is 2.89. The predicted molar refractivity (Wildman–Crippen MR) is 80.0 cm³/mol. The van der Waals surface area contributed by atoms with Gasteiger partial charge in [0.25, 0.3) is 0 Å². The second-order valence-corrected chi connectivity index (χ2v) is 5.66. The number of hydrogen-bond acceptors (Lipinski definition) is 4. The van der Waals surface area contributed by atoms with Crippen LogP contribution in [-0.2, 0) is 4.79 Å². The van der Waals surface area contributed by atoms with E-state index in [4.69, 9.17) is 4.74 Å². The summed E-state index contributed by atoms with van der Waals surface area (Å²) in [5, 5.41) is 6.16. The molecule has 2 rings (SSSR count). The molecule has 0 saturated carbocycles. The second kappa shape index (κ2) is 6.30. The lowest BCUT2D eigenvalue weighted by Gasteiger charge is -2.15. The molecule has 1 aromatic rings. The van der Waals surface area contributed by atoms with Crippen molar-refractivity contribution >= 4 is 23.4 Å². The number of anilines is 1. The molecule has 1 aliphatic rings. The Hall–Kier alpha value is -1.20. The smallest absolute Gasteiger partial charge is 0.242 e. The molecule has 19 heavy (non-hydrogen) atoms. The third kappa shape index (κ3) is 3.42. The van der Waals surface area contributed by atoms with Gasteiger partial charge >= 0.3 is 0 Å². The maximum absolute atomic E-state index is 12.1. The van der Waals surface area contributed by atoms with Crippen molar-refractivity contribution < 1.29 is 9.53 Å². The highest BCUT2D eigenvalue weighted by molar-refractivity contribution is 7.99. The van der Waals surface area contributed by atoms with Gasteiger partial charge in [-0.25, -0.2) is 0 Å². The van der Waals surface area contributed by atoms with Crippen LogP contribution in [0.15, 0.2) is 12.1 Å². The van der Waals surface area contributed by atoms with Crippen molar-refractivity contribution in [3.63, 3.8) is 0 Å². The van der Waals surface area contributed by atoms with Crippen LogP contribution < -0.4 is 15.4 Å². The zero-order valence-corrected chi connectivity index (χ0v) is 12.4. The molecule has 1 amide bonds. The normalized spacial score (nSPS) is 18.4. The van der Waals surface area contributed by atoms with Crippen molar-refractivity contribution in [3.8, 4) is 5.75 Å². The first-order chi connectivity index (χ1) is 9.11. The van der Waals surface area contributed by atoms with Crippen LogP contribution in [0, 0.1) is 13.8 Å². The molecular formula is C14H20N2O2S. The van der Waals surface area contributed by atoms with E-state index >= 15 is 0 Å². The van der Waals surface area contributed by atoms with Gasteiger partial charge in [-0.2, -0.15) is 0 Å². The zero-order valence-electron chi connectivity index (χ0n) is 11.6. The number of hydrogen-bond donors (Lipinski definition) is 2. The van der Waals surface area contributed by atoms with E-state index in [1.807, 2.05) is 32.9 Å². The van der Waals surface area contributed by atoms with Crippen LogP contribution in [0.4, 0.5) is 5.69 Å². The fourth-order valence-corrected chi connectivity index (χ4v) is 2.96. The van der Waals surface area contributed by atoms with Crippen LogP contribution in [0.2, 0.25) is 0 Å². The van der Waals surface area contributed by atoms with E-state index in [2.05, 4.69) is 10.6 Å². The number of thioether (sulfide) groups is 1. The summed E-state index contributed by atoms with van der Waals surface area (Å²) in [6, 6.07) is 3.86. The molecular weight excluding hydrogens is 260 g/mol. The Kier molecular flexibility index (Phi) is 4.71. The Morgan fingerprint density at radius 3 is 2.89 bits per heavy atom. The maximum atomic E-state index is 12.1. The summed E-state index contributed by atoms with van der Waals surface area (Å²) >= 11 is 1.75. The van der Waals surface area contributed by atoms with Gasteiger partial charge in [-0.15, -0.1) is 11.8 Å². The average molecular weight is 280 g/mol. The standard InChI is InChI=1S/C14H20N2O2S/c1-4-18-13-6-9(2)11(5-10(13)3)16-14(17)12-7-19-8-15-12/h5-6,12,15H,4,7-8H2,1-3H3,(H,16,17). The van der Waals surface area contributed by atoms with Crippen LogP contribution in [-0.4, -0.2) is 30.2 Å². The number of nitrogens with one attached hydrogen (secondary N) is 2. The van der Waals surface area contributed by atoms with E-state index in [-0.39, 0.29) is 11.9 Å². The molecule has 0 radical (unpaired) electrons. The highest BCUT2D eigenvalue weighted by Crippen LogP contribution is 2.26. The monoisotopic (exact) mass is 280 g/mol. The molecule has 1 fully saturated rings. The Labute approximate surface area is 118 Å². The Bertz CT molecular complexity index is 471. The first kappa shape index (κ1) is 14.2. The van der Waals surface area contributed by atoms with E-state index in [1.165, 1.54) is 0 Å². The van der Waals surface area contributed by atoms with Crippen LogP contribution in [0.5, 0.6) is 5.75 Å². The molecule has 5 heteroatoms. The van der Waals surface area contributed by atoms with Crippen molar-refractivity contribution in [2.75, 3.05) is 23.6 Å². The Morgan fingerprint density at radius 2 is 2.26 bits per heavy atom. The van der Waals surface area contributed by atoms with Crippen molar-refractivity contribution in [1.29, 1.82) is 0 Å². The van der Waals surface area contributed by atoms with Gasteiger partial charge in [0.15, 0.2) is 0 Å². The first-order valence-electron chi connectivity index (χ1n) is 6.48. The SMILES string of the molecule is CCOc1cc(C)c(NC(=O)C2CSCN2)cc1C. The fraction of sp³-hybridized carbons (Fsp3) is 0.500. The van der Waals surface area contributed by atoms with E-state index < -0.39 is 0 Å². The topological polar surface area (TPSA) is 50.4 Å². The van der Waals surface area contributed by atoms with Crippen molar-refractivity contribution in [2.45, 2.75) is 26.8 Å². The van der Waals surface area contributed by atoms with Crippen LogP contribution in [0.1, 0.15) is 18.1 Å². The summed E-state index contributed by atoms with van der Waals surface area (Å²) in [6.45, 7) is 6.58. The molecule has 1 saturated heterocycles. The minimum absolute atomic E-state index is 0.0386. The van der Waals surface area contributed by atoms with Gasteiger partial charge in [-0.1, -0.05) is 0 Å². The summed E-state index contributed by atoms with van der Waals surface area (Å²) < 4.78 is 5.55. The molecule has 4 nitrogen and oxygen atoms in total. The van der Waals surface area contributed by atoms with Crippen molar-refractivity contribution in [3.05, 3.63) is 23.3 Å². The number of aryl methyl sites for hydroxylation is 2. The Balaban J connectivity index is 2.11. The first-order valence-corrected chi connectivity index (χ1v) is 7.63. The summed E-state index contributed by atoms with van der Waals surface area (Å²) in [4.78, 5) is 12.1. The highest BCUT2D eigenvalue weighted by atomic mass is 32.2. The molecule has 0 bridgehead atoms. The van der Waals surface area contributed by atoms with Gasteiger partial charge in [-0.3, -0.25) is 10.1 Å². The molecule has 0 spiro atoms. The molecule has 2 N–H and O–H groups in total. The summed E-state index contributed by atoms with van der Waals surface area (Å²) in [5.41, 5.74) is 2.93. The molecule has 1 aromatic carbocycles. The largest absolute Gasteiger partial charge is 0.494 e. The van der Waals surface area contributed by atoms with Crippen LogP contribution in [0.25, 0.3) is 0 Å². The number of carbonyl (C=O) groups is 1. The molecule has 0 aliphatic carbocycles. The number of amides is 1. The van der Waals surface area contributed by atoms with Crippen molar-refractivity contribution in [2.24, 2.45) is 0 Å². The third-order valence-corrected chi connectivity index (χ3v) is 4.05. The summed E-state index contributed by atoms with van der Waals surface area (Å²) in [5.74, 6) is 2.60. The third-order valence-electron chi connectivity index (χ3n) is 3.11. The predicted octanol–water partition coefficient (Wildman–Crippen LogP) is 2.30. The molecule has 0 aromatic heterocycles. The molecule has 104 valence electrons. The number of benzene rings is 1. The van der Waals surface area contributed by atoms with Gasteiger partial charge in [0.05, 0.1) is 12.6 Å². The van der Waals surface area contributed by atoms with E-state index in [9.17, 15) is 4.79 Å². The molecule has 1 atom stereocenters. The number of carbonyl (C=O) groups excluding carboxylic acids is 1. The molecule has 1 heterocycles. The lowest BCUT2D eigenvalue weighted by molar-refractivity contribution is -0.117. The van der Waals surface area contributed by atoms with Crippen LogP contribution in [0.3, 0.4) is 0 Å². The second-order valence-electron chi connectivity index (χ2n) is 4.63. The van der Waals surface area contributed by atoms with Gasteiger partial charge in [0, 0.05) is 17.3 Å². The van der Waals surface area contributed by atoms with Gasteiger partial charge < -0.3 is 10.1 Å². The van der Waals surface area contributed by atoms with Gasteiger partial charge in [0.2, 0.25) is 5.91 Å².